The quantitative estimate of drug-likeness (QED) is 0.851. The second-order valence-electron chi connectivity index (χ2n) is 6.91. The highest BCUT2D eigenvalue weighted by atomic mass is 15.1. The number of nitrogens with zero attached hydrogens (tertiary/aromatic N) is 2. The van der Waals surface area contributed by atoms with E-state index in [1.54, 1.807) is 0 Å². The van der Waals surface area contributed by atoms with Crippen molar-refractivity contribution in [3.63, 3.8) is 0 Å². The lowest BCUT2D eigenvalue weighted by atomic mass is 10.1. The lowest BCUT2D eigenvalue weighted by Gasteiger charge is -2.25. The fourth-order valence-corrected chi connectivity index (χ4v) is 1.71. The normalized spacial score (nSPS) is 11.9. The maximum Gasteiger partial charge on any atom is 0.147 e. The van der Waals surface area contributed by atoms with Gasteiger partial charge in [0.15, 0.2) is 0 Å². The number of aryl methyl sites for hydroxylation is 1. The number of anilines is 2. The molecule has 0 spiro atoms. The first-order chi connectivity index (χ1) is 8.52. The molecule has 0 atom stereocenters. The van der Waals surface area contributed by atoms with Gasteiger partial charge >= 0.3 is 0 Å². The zero-order valence-corrected chi connectivity index (χ0v) is 13.0. The lowest BCUT2D eigenvalue weighted by molar-refractivity contribution is 0.623. The molecule has 0 aliphatic rings. The van der Waals surface area contributed by atoms with E-state index < -0.39 is 0 Å². The highest BCUT2D eigenvalue weighted by molar-refractivity contribution is 5.61. The molecule has 0 bridgehead atoms. The number of aromatic nitrogens is 1. The van der Waals surface area contributed by atoms with Gasteiger partial charge in [-0.25, -0.2) is 4.98 Å². The summed E-state index contributed by atoms with van der Waals surface area (Å²) >= 11 is 0. The molecule has 0 aromatic carbocycles. The van der Waals surface area contributed by atoms with Gasteiger partial charge in [-0.3, -0.25) is 0 Å². The Hall–Kier alpha value is -1.76. The van der Waals surface area contributed by atoms with Crippen LogP contribution in [0, 0.1) is 18.3 Å². The van der Waals surface area contributed by atoms with Crippen molar-refractivity contribution in [3.05, 3.63) is 17.2 Å². The van der Waals surface area contributed by atoms with E-state index in [2.05, 4.69) is 63.2 Å². The number of rotatable bonds is 2. The van der Waals surface area contributed by atoms with Crippen LogP contribution >= 0.6 is 0 Å². The molecular formula is C15H24N4. The Morgan fingerprint density at radius 2 is 1.58 bits per heavy atom. The van der Waals surface area contributed by atoms with Crippen molar-refractivity contribution in [1.29, 1.82) is 5.26 Å². The van der Waals surface area contributed by atoms with E-state index in [4.69, 9.17) is 0 Å². The minimum absolute atomic E-state index is 0.0629. The molecule has 1 aromatic rings. The van der Waals surface area contributed by atoms with Crippen molar-refractivity contribution >= 4 is 11.6 Å². The van der Waals surface area contributed by atoms with E-state index in [9.17, 15) is 5.26 Å². The summed E-state index contributed by atoms with van der Waals surface area (Å²) in [5, 5.41) is 15.9. The SMILES string of the molecule is Cc1cc(NC(C)(C)C)nc(NC(C)(C)C)c1C#N. The number of nitrogens with one attached hydrogen (secondary N) is 2. The molecule has 0 fully saturated rings. The number of hydrogen-bond acceptors (Lipinski definition) is 4. The molecule has 19 heavy (non-hydrogen) atoms. The third-order valence-electron chi connectivity index (χ3n) is 2.32. The summed E-state index contributed by atoms with van der Waals surface area (Å²) in [6.45, 7) is 14.3. The van der Waals surface area contributed by atoms with Crippen LogP contribution in [0.25, 0.3) is 0 Å². The van der Waals surface area contributed by atoms with E-state index in [0.717, 1.165) is 11.4 Å². The Bertz CT molecular complexity index is 499. The van der Waals surface area contributed by atoms with Gasteiger partial charge in [-0.2, -0.15) is 5.26 Å². The Labute approximate surface area is 116 Å². The predicted octanol–water partition coefficient (Wildman–Crippen LogP) is 3.68. The van der Waals surface area contributed by atoms with Gasteiger partial charge < -0.3 is 10.6 Å². The maximum atomic E-state index is 9.27. The lowest BCUT2D eigenvalue weighted by Crippen LogP contribution is -2.29. The highest BCUT2D eigenvalue weighted by Gasteiger charge is 2.18. The Kier molecular flexibility index (Phi) is 4.09. The van der Waals surface area contributed by atoms with Crippen LogP contribution in [0.3, 0.4) is 0 Å². The zero-order valence-electron chi connectivity index (χ0n) is 13.0. The maximum absolute atomic E-state index is 9.27. The minimum Gasteiger partial charge on any atom is -0.365 e. The van der Waals surface area contributed by atoms with Gasteiger partial charge in [0, 0.05) is 11.1 Å². The molecule has 0 radical (unpaired) electrons. The minimum atomic E-state index is -0.134. The molecule has 0 aliphatic carbocycles. The second-order valence-corrected chi connectivity index (χ2v) is 6.91. The number of pyridine rings is 1. The first-order valence-corrected chi connectivity index (χ1v) is 6.50. The fraction of sp³-hybridized carbons (Fsp3) is 0.600. The van der Waals surface area contributed by atoms with Crippen LogP contribution in [0.1, 0.15) is 52.7 Å². The Morgan fingerprint density at radius 1 is 1.05 bits per heavy atom. The van der Waals surface area contributed by atoms with E-state index in [0.29, 0.717) is 11.4 Å². The first kappa shape index (κ1) is 15.3. The average molecular weight is 260 g/mol. The van der Waals surface area contributed by atoms with Crippen molar-refractivity contribution in [2.75, 3.05) is 10.6 Å². The van der Waals surface area contributed by atoms with E-state index in [-0.39, 0.29) is 11.1 Å². The molecular weight excluding hydrogens is 236 g/mol. The van der Waals surface area contributed by atoms with Gasteiger partial charge in [-0.15, -0.1) is 0 Å². The molecule has 0 unspecified atom stereocenters. The van der Waals surface area contributed by atoms with Crippen molar-refractivity contribution in [2.24, 2.45) is 0 Å². The third-order valence-corrected chi connectivity index (χ3v) is 2.32. The predicted molar refractivity (Wildman–Crippen MR) is 80.4 cm³/mol. The van der Waals surface area contributed by atoms with Crippen LogP contribution in [-0.2, 0) is 0 Å². The van der Waals surface area contributed by atoms with E-state index in [1.165, 1.54) is 0 Å². The van der Waals surface area contributed by atoms with Crippen LogP contribution in [-0.4, -0.2) is 16.1 Å². The molecule has 4 nitrogen and oxygen atoms in total. The number of hydrogen-bond donors (Lipinski definition) is 2. The Balaban J connectivity index is 3.24. The largest absolute Gasteiger partial charge is 0.365 e. The summed E-state index contributed by atoms with van der Waals surface area (Å²) in [6, 6.07) is 4.14. The standard InChI is InChI=1S/C15H24N4/c1-10-8-12(18-14(2,3)4)17-13(11(10)9-16)19-15(5,6)7/h8H,1-7H3,(H2,17,18,19). The Morgan fingerprint density at radius 3 is 2.00 bits per heavy atom. The molecule has 1 aromatic heterocycles. The average Bonchev–Trinajstić information content (AvgIpc) is 2.11. The summed E-state index contributed by atoms with van der Waals surface area (Å²) in [5.41, 5.74) is 1.34. The first-order valence-electron chi connectivity index (χ1n) is 6.50. The molecule has 0 saturated heterocycles. The molecule has 1 heterocycles. The van der Waals surface area contributed by atoms with Gasteiger partial charge in [0.1, 0.15) is 17.7 Å². The van der Waals surface area contributed by atoms with Crippen LogP contribution in [0.2, 0.25) is 0 Å². The van der Waals surface area contributed by atoms with Crippen LogP contribution in [0.5, 0.6) is 0 Å². The summed E-state index contributed by atoms with van der Waals surface area (Å²) in [5.74, 6) is 1.43. The van der Waals surface area contributed by atoms with Crippen LogP contribution < -0.4 is 10.6 Å². The van der Waals surface area contributed by atoms with Crippen molar-refractivity contribution in [2.45, 2.75) is 59.5 Å². The van der Waals surface area contributed by atoms with Gasteiger partial charge in [0.05, 0.1) is 5.56 Å². The molecule has 2 N–H and O–H groups in total. The number of nitriles is 1. The molecule has 0 amide bonds. The molecule has 104 valence electrons. The topological polar surface area (TPSA) is 60.7 Å². The summed E-state index contributed by atoms with van der Waals surface area (Å²) in [6.07, 6.45) is 0. The summed E-state index contributed by atoms with van der Waals surface area (Å²) in [7, 11) is 0. The van der Waals surface area contributed by atoms with Gasteiger partial charge in [-0.1, -0.05) is 0 Å². The van der Waals surface area contributed by atoms with Gasteiger partial charge in [0.25, 0.3) is 0 Å². The fourth-order valence-electron chi connectivity index (χ4n) is 1.71. The van der Waals surface area contributed by atoms with Crippen LogP contribution in [0.4, 0.5) is 11.6 Å². The van der Waals surface area contributed by atoms with Crippen LogP contribution in [0.15, 0.2) is 6.07 Å². The van der Waals surface area contributed by atoms with E-state index in [1.807, 2.05) is 13.0 Å². The molecule has 0 saturated carbocycles. The highest BCUT2D eigenvalue weighted by Crippen LogP contribution is 2.24. The molecule has 0 aliphatic heterocycles. The summed E-state index contributed by atoms with van der Waals surface area (Å²) in [4.78, 5) is 4.53. The molecule has 1 rings (SSSR count). The molecule has 4 heteroatoms. The smallest absolute Gasteiger partial charge is 0.147 e. The zero-order chi connectivity index (χ0) is 14.8. The van der Waals surface area contributed by atoms with Gasteiger partial charge in [-0.05, 0) is 60.1 Å². The van der Waals surface area contributed by atoms with E-state index >= 15 is 0 Å². The van der Waals surface area contributed by atoms with Crippen molar-refractivity contribution in [3.8, 4) is 6.07 Å². The van der Waals surface area contributed by atoms with Crippen molar-refractivity contribution < 1.29 is 0 Å². The van der Waals surface area contributed by atoms with Gasteiger partial charge in [0.2, 0.25) is 0 Å². The van der Waals surface area contributed by atoms with Crippen molar-refractivity contribution in [1.82, 2.24) is 4.98 Å². The monoisotopic (exact) mass is 260 g/mol. The second kappa shape index (κ2) is 5.08. The third kappa shape index (κ3) is 4.78. The summed E-state index contributed by atoms with van der Waals surface area (Å²) < 4.78 is 0.